The van der Waals surface area contributed by atoms with Crippen LogP contribution in [0.15, 0.2) is 65.6 Å². The maximum absolute atomic E-state index is 12.5. The number of hydrogen-bond donors (Lipinski definition) is 0. The van der Waals surface area contributed by atoms with E-state index in [9.17, 15) is 13.2 Å². The summed E-state index contributed by atoms with van der Waals surface area (Å²) in [4.78, 5) is 12.3. The summed E-state index contributed by atoms with van der Waals surface area (Å²) >= 11 is 8.90. The number of alkyl halides is 2. The lowest BCUT2D eigenvalue weighted by atomic mass is 10.1. The van der Waals surface area contributed by atoms with Crippen LogP contribution in [0.25, 0.3) is 0 Å². The molecular formula is C14H10BrClO3S. The molecule has 104 valence electrons. The van der Waals surface area contributed by atoms with E-state index >= 15 is 0 Å². The first-order valence-corrected chi connectivity index (χ1v) is 8.30. The average Bonchev–Trinajstić information content (AvgIpc) is 2.48. The van der Waals surface area contributed by atoms with Crippen molar-refractivity contribution in [3.05, 3.63) is 66.2 Å². The van der Waals surface area contributed by atoms with Crippen molar-refractivity contribution in [1.29, 1.82) is 0 Å². The van der Waals surface area contributed by atoms with Crippen LogP contribution in [-0.4, -0.2) is 17.3 Å². The highest BCUT2D eigenvalue weighted by Crippen LogP contribution is 2.38. The predicted molar refractivity (Wildman–Crippen MR) is 81.9 cm³/mol. The lowest BCUT2D eigenvalue weighted by Crippen LogP contribution is -2.35. The third-order valence-electron chi connectivity index (χ3n) is 2.69. The summed E-state index contributed by atoms with van der Waals surface area (Å²) in [5.74, 6) is -0.719. The lowest BCUT2D eigenvalue weighted by Gasteiger charge is -2.19. The van der Waals surface area contributed by atoms with Crippen LogP contribution in [0.5, 0.6) is 0 Å². The van der Waals surface area contributed by atoms with Gasteiger partial charge in [0, 0.05) is 5.56 Å². The zero-order chi connectivity index (χ0) is 14.8. The number of sulfone groups is 1. The summed E-state index contributed by atoms with van der Waals surface area (Å²) < 4.78 is 22.7. The van der Waals surface area contributed by atoms with E-state index in [1.807, 2.05) is 0 Å². The van der Waals surface area contributed by atoms with Crippen molar-refractivity contribution in [2.24, 2.45) is 0 Å². The van der Waals surface area contributed by atoms with Gasteiger partial charge in [0.05, 0.1) is 4.90 Å². The Morgan fingerprint density at radius 2 is 1.40 bits per heavy atom. The highest BCUT2D eigenvalue weighted by atomic mass is 79.9. The maximum atomic E-state index is 12.5. The van der Waals surface area contributed by atoms with Crippen LogP contribution in [0.2, 0.25) is 0 Å². The molecule has 0 spiro atoms. The number of carbonyl (C=O) groups is 1. The number of carbonyl (C=O) groups excluding carboxylic acids is 1. The maximum Gasteiger partial charge on any atom is 0.266 e. The van der Waals surface area contributed by atoms with Crippen molar-refractivity contribution in [3.63, 3.8) is 0 Å². The topological polar surface area (TPSA) is 51.2 Å². The Bertz CT molecular complexity index is 713. The summed E-state index contributed by atoms with van der Waals surface area (Å²) in [5.41, 5.74) is 0.221. The summed E-state index contributed by atoms with van der Waals surface area (Å²) in [6.07, 6.45) is 0. The van der Waals surface area contributed by atoms with E-state index < -0.39 is 18.7 Å². The van der Waals surface area contributed by atoms with Crippen LogP contribution < -0.4 is 0 Å². The van der Waals surface area contributed by atoms with Crippen molar-refractivity contribution in [2.45, 2.75) is 8.01 Å². The quantitative estimate of drug-likeness (QED) is 0.607. The highest BCUT2D eigenvalue weighted by molar-refractivity contribution is 9.12. The fourth-order valence-corrected chi connectivity index (χ4v) is 3.97. The van der Waals surface area contributed by atoms with E-state index in [0.29, 0.717) is 0 Å². The molecule has 0 saturated carbocycles. The molecule has 0 aromatic heterocycles. The van der Waals surface area contributed by atoms with E-state index in [-0.39, 0.29) is 10.5 Å². The van der Waals surface area contributed by atoms with E-state index in [1.54, 1.807) is 36.4 Å². The van der Waals surface area contributed by atoms with Gasteiger partial charge in [-0.2, -0.15) is 0 Å². The van der Waals surface area contributed by atoms with Crippen LogP contribution in [0.4, 0.5) is 0 Å². The largest absolute Gasteiger partial charge is 0.290 e. The highest BCUT2D eigenvalue weighted by Gasteiger charge is 2.47. The molecule has 3 nitrogen and oxygen atoms in total. The summed E-state index contributed by atoms with van der Waals surface area (Å²) in [5, 5.41) is 0. The standard InChI is InChI=1S/C14H10BrClO3S/c15-14(16,13(17)11-7-3-1-4-8-11)20(18,19)12-9-5-2-6-10-12/h1-10H. The third kappa shape index (κ3) is 2.66. The van der Waals surface area contributed by atoms with Gasteiger partial charge in [0.25, 0.3) is 3.12 Å². The second-order valence-electron chi connectivity index (χ2n) is 4.03. The van der Waals surface area contributed by atoms with Gasteiger partial charge in [-0.3, -0.25) is 4.79 Å². The minimum atomic E-state index is -4.05. The molecule has 6 heteroatoms. The SMILES string of the molecule is O=C(c1ccccc1)C(Cl)(Br)S(=O)(=O)c1ccccc1. The Kier molecular flexibility index (Phi) is 4.32. The molecule has 0 amide bonds. The summed E-state index contributed by atoms with van der Waals surface area (Å²) in [6, 6.07) is 15.7. The lowest BCUT2D eigenvalue weighted by molar-refractivity contribution is 0.1000. The van der Waals surface area contributed by atoms with Gasteiger partial charge in [-0.1, -0.05) is 60.1 Å². The molecule has 0 fully saturated rings. The van der Waals surface area contributed by atoms with E-state index in [0.717, 1.165) is 0 Å². The minimum Gasteiger partial charge on any atom is -0.290 e. The molecule has 0 aliphatic rings. The van der Waals surface area contributed by atoms with Crippen molar-refractivity contribution in [2.75, 3.05) is 0 Å². The van der Waals surface area contributed by atoms with Gasteiger partial charge < -0.3 is 0 Å². The monoisotopic (exact) mass is 372 g/mol. The number of benzene rings is 2. The van der Waals surface area contributed by atoms with E-state index in [4.69, 9.17) is 11.6 Å². The fourth-order valence-electron chi connectivity index (χ4n) is 1.63. The first-order valence-electron chi connectivity index (χ1n) is 5.65. The Morgan fingerprint density at radius 1 is 0.950 bits per heavy atom. The van der Waals surface area contributed by atoms with Gasteiger partial charge in [-0.15, -0.1) is 0 Å². The molecule has 0 aliphatic carbocycles. The van der Waals surface area contributed by atoms with E-state index in [1.165, 1.54) is 24.3 Å². The van der Waals surface area contributed by atoms with Crippen LogP contribution in [0, 0.1) is 0 Å². The Hall–Kier alpha value is -1.17. The molecule has 0 N–H and O–H groups in total. The number of Topliss-reactive ketones (excluding diaryl/α,β-unsaturated/α-hetero) is 1. The number of rotatable bonds is 4. The van der Waals surface area contributed by atoms with Crippen LogP contribution >= 0.6 is 27.5 Å². The Labute approximate surface area is 130 Å². The zero-order valence-electron chi connectivity index (χ0n) is 10.2. The molecule has 0 saturated heterocycles. The average molecular weight is 374 g/mol. The van der Waals surface area contributed by atoms with Gasteiger partial charge in [-0.25, -0.2) is 8.42 Å². The van der Waals surface area contributed by atoms with Gasteiger partial charge in [-0.05, 0) is 28.1 Å². The minimum absolute atomic E-state index is 0.0174. The van der Waals surface area contributed by atoms with Crippen LogP contribution in [-0.2, 0) is 9.84 Å². The predicted octanol–water partition coefficient (Wildman–Crippen LogP) is 3.63. The van der Waals surface area contributed by atoms with Crippen molar-refractivity contribution in [3.8, 4) is 0 Å². The first kappa shape index (κ1) is 15.2. The zero-order valence-corrected chi connectivity index (χ0v) is 13.3. The first-order chi connectivity index (χ1) is 9.37. The Balaban J connectivity index is 2.48. The number of hydrogen-bond acceptors (Lipinski definition) is 3. The number of ketones is 1. The normalized spacial score (nSPS) is 14.5. The molecule has 0 aliphatic heterocycles. The van der Waals surface area contributed by atoms with Crippen LogP contribution in [0.3, 0.4) is 0 Å². The molecular weight excluding hydrogens is 364 g/mol. The number of halogens is 2. The Morgan fingerprint density at radius 3 is 1.90 bits per heavy atom. The van der Waals surface area contributed by atoms with Crippen molar-refractivity contribution in [1.82, 2.24) is 0 Å². The van der Waals surface area contributed by atoms with Gasteiger partial charge in [0.2, 0.25) is 15.6 Å². The molecule has 2 aromatic carbocycles. The second kappa shape index (κ2) is 5.68. The molecule has 0 heterocycles. The molecule has 0 radical (unpaired) electrons. The molecule has 1 atom stereocenters. The smallest absolute Gasteiger partial charge is 0.266 e. The summed E-state index contributed by atoms with van der Waals surface area (Å²) in [6.45, 7) is 0. The molecule has 0 bridgehead atoms. The fraction of sp³-hybridized carbons (Fsp3) is 0.0714. The van der Waals surface area contributed by atoms with Crippen LogP contribution in [0.1, 0.15) is 10.4 Å². The molecule has 1 unspecified atom stereocenters. The molecule has 20 heavy (non-hydrogen) atoms. The van der Waals surface area contributed by atoms with Gasteiger partial charge in [0.1, 0.15) is 0 Å². The second-order valence-corrected chi connectivity index (χ2v) is 9.08. The summed E-state index contributed by atoms with van der Waals surface area (Å²) in [7, 11) is -4.05. The van der Waals surface area contributed by atoms with E-state index in [2.05, 4.69) is 15.9 Å². The van der Waals surface area contributed by atoms with Gasteiger partial charge in [0.15, 0.2) is 0 Å². The van der Waals surface area contributed by atoms with Crippen molar-refractivity contribution < 1.29 is 13.2 Å². The molecule has 2 rings (SSSR count). The third-order valence-corrected chi connectivity index (χ3v) is 6.86. The molecule has 2 aromatic rings. The van der Waals surface area contributed by atoms with Gasteiger partial charge >= 0.3 is 0 Å². The van der Waals surface area contributed by atoms with Crippen molar-refractivity contribution >= 4 is 43.2 Å².